The van der Waals surface area contributed by atoms with Gasteiger partial charge in [0.15, 0.2) is 0 Å². The van der Waals surface area contributed by atoms with Crippen molar-refractivity contribution >= 4 is 22.6 Å². The van der Waals surface area contributed by atoms with Crippen LogP contribution in [0, 0.1) is 20.8 Å². The van der Waals surface area contributed by atoms with E-state index in [0.717, 1.165) is 28.3 Å². The number of amides is 1. The van der Waals surface area contributed by atoms with E-state index in [9.17, 15) is 4.79 Å². The fraction of sp³-hybridized carbons (Fsp3) is 0.286. The first-order valence-corrected chi connectivity index (χ1v) is 11.5. The first-order valence-electron chi connectivity index (χ1n) is 11.5. The Hall–Kier alpha value is -3.60. The quantitative estimate of drug-likeness (QED) is 0.395. The van der Waals surface area contributed by atoms with Gasteiger partial charge in [-0.1, -0.05) is 35.9 Å². The number of anilines is 1. The van der Waals surface area contributed by atoms with Crippen molar-refractivity contribution < 1.29 is 9.53 Å². The summed E-state index contributed by atoms with van der Waals surface area (Å²) in [6, 6.07) is 22.5. The Balaban J connectivity index is 1.39. The highest BCUT2D eigenvalue weighted by molar-refractivity contribution is 5.96. The average Bonchev–Trinajstić information content (AvgIpc) is 3.37. The molecular formula is C28H29N3O2. The van der Waals surface area contributed by atoms with Crippen molar-refractivity contribution in [1.29, 1.82) is 0 Å². The van der Waals surface area contributed by atoms with Crippen LogP contribution in [0.2, 0.25) is 0 Å². The highest BCUT2D eigenvalue weighted by Gasteiger charge is 2.34. The molecule has 1 aromatic heterocycles. The standard InChI is InChI=1S/C28H29N3O2/c1-19-8-11-23(12-9-19)31-18-22(17-27(31)32)28-29-25-6-4-5-7-26(25)30(28)14-15-33-24-13-10-20(2)21(3)16-24/h4-13,16,22H,14-15,17-18H2,1-3H3/t22-/m0/s1. The fourth-order valence-corrected chi connectivity index (χ4v) is 4.55. The monoisotopic (exact) mass is 439 g/mol. The van der Waals surface area contributed by atoms with Crippen LogP contribution in [0.5, 0.6) is 5.75 Å². The Kier molecular flexibility index (Phi) is 5.63. The van der Waals surface area contributed by atoms with Crippen LogP contribution in [-0.2, 0) is 11.3 Å². The Morgan fingerprint density at radius 1 is 0.970 bits per heavy atom. The lowest BCUT2D eigenvalue weighted by molar-refractivity contribution is -0.117. The van der Waals surface area contributed by atoms with Crippen LogP contribution in [0.25, 0.3) is 11.0 Å². The largest absolute Gasteiger partial charge is 0.492 e. The van der Waals surface area contributed by atoms with Gasteiger partial charge in [0.05, 0.1) is 17.6 Å². The van der Waals surface area contributed by atoms with Gasteiger partial charge in [-0.25, -0.2) is 4.98 Å². The molecule has 1 atom stereocenters. The number of carbonyl (C=O) groups is 1. The van der Waals surface area contributed by atoms with E-state index in [1.54, 1.807) is 0 Å². The summed E-state index contributed by atoms with van der Waals surface area (Å²) >= 11 is 0. The number of hydrogen-bond donors (Lipinski definition) is 0. The lowest BCUT2D eigenvalue weighted by Crippen LogP contribution is -2.24. The molecule has 0 unspecified atom stereocenters. The summed E-state index contributed by atoms with van der Waals surface area (Å²) < 4.78 is 8.31. The van der Waals surface area contributed by atoms with Crippen LogP contribution in [-0.4, -0.2) is 28.6 Å². The zero-order chi connectivity index (χ0) is 22.9. The lowest BCUT2D eigenvalue weighted by atomic mass is 10.1. The van der Waals surface area contributed by atoms with E-state index in [4.69, 9.17) is 9.72 Å². The molecule has 0 spiro atoms. The fourth-order valence-electron chi connectivity index (χ4n) is 4.55. The summed E-state index contributed by atoms with van der Waals surface area (Å²) in [5, 5.41) is 0. The van der Waals surface area contributed by atoms with Gasteiger partial charge in [-0.2, -0.15) is 0 Å². The number of ether oxygens (including phenoxy) is 1. The van der Waals surface area contributed by atoms with E-state index >= 15 is 0 Å². The molecule has 33 heavy (non-hydrogen) atoms. The van der Waals surface area contributed by atoms with Gasteiger partial charge in [0.2, 0.25) is 5.91 Å². The Morgan fingerprint density at radius 2 is 1.76 bits per heavy atom. The van der Waals surface area contributed by atoms with Crippen molar-refractivity contribution in [3.63, 3.8) is 0 Å². The Bertz CT molecular complexity index is 1310. The van der Waals surface area contributed by atoms with E-state index in [2.05, 4.69) is 55.7 Å². The summed E-state index contributed by atoms with van der Waals surface area (Å²) in [4.78, 5) is 19.7. The molecule has 1 aliphatic heterocycles. The van der Waals surface area contributed by atoms with Crippen LogP contribution in [0.1, 0.15) is 34.9 Å². The second-order valence-electron chi connectivity index (χ2n) is 8.95. The number of nitrogens with zero attached hydrogens (tertiary/aromatic N) is 3. The molecule has 3 aromatic carbocycles. The van der Waals surface area contributed by atoms with Crippen LogP contribution in [0.15, 0.2) is 66.7 Å². The Morgan fingerprint density at radius 3 is 2.55 bits per heavy atom. The van der Waals surface area contributed by atoms with Crippen LogP contribution in [0.3, 0.4) is 0 Å². The SMILES string of the molecule is Cc1ccc(N2C[C@@H](c3nc4ccccc4n3CCOc3ccc(C)c(C)c3)CC2=O)cc1. The average molecular weight is 440 g/mol. The van der Waals surface area contributed by atoms with Gasteiger partial charge >= 0.3 is 0 Å². The number of aryl methyl sites for hydroxylation is 3. The maximum Gasteiger partial charge on any atom is 0.227 e. The van der Waals surface area contributed by atoms with Crippen LogP contribution in [0.4, 0.5) is 5.69 Å². The van der Waals surface area contributed by atoms with Gasteiger partial charge in [-0.15, -0.1) is 0 Å². The molecule has 1 aliphatic rings. The van der Waals surface area contributed by atoms with Crippen molar-refractivity contribution in [3.8, 4) is 5.75 Å². The normalized spacial score (nSPS) is 16.0. The molecular weight excluding hydrogens is 410 g/mol. The second-order valence-corrected chi connectivity index (χ2v) is 8.95. The second kappa shape index (κ2) is 8.74. The number of benzene rings is 3. The minimum atomic E-state index is 0.0489. The number of para-hydroxylation sites is 2. The van der Waals surface area contributed by atoms with Gasteiger partial charge in [0.25, 0.3) is 0 Å². The summed E-state index contributed by atoms with van der Waals surface area (Å²) in [5.74, 6) is 2.04. The number of aromatic nitrogens is 2. The zero-order valence-corrected chi connectivity index (χ0v) is 19.4. The first kappa shape index (κ1) is 21.3. The molecule has 4 aromatic rings. The van der Waals surface area contributed by atoms with Crippen molar-refractivity contribution in [2.75, 3.05) is 18.1 Å². The van der Waals surface area contributed by atoms with Gasteiger partial charge in [-0.05, 0) is 68.3 Å². The summed E-state index contributed by atoms with van der Waals surface area (Å²) in [5.41, 5.74) is 6.66. The third-order valence-corrected chi connectivity index (χ3v) is 6.58. The molecule has 1 fully saturated rings. The number of carbonyl (C=O) groups excluding carboxylic acids is 1. The molecule has 2 heterocycles. The molecule has 5 rings (SSSR count). The van der Waals surface area contributed by atoms with Crippen LogP contribution >= 0.6 is 0 Å². The summed E-state index contributed by atoms with van der Waals surface area (Å²) in [7, 11) is 0. The zero-order valence-electron chi connectivity index (χ0n) is 19.4. The topological polar surface area (TPSA) is 47.4 Å². The van der Waals surface area contributed by atoms with Gasteiger partial charge in [0.1, 0.15) is 18.2 Å². The van der Waals surface area contributed by atoms with Crippen molar-refractivity contribution in [3.05, 3.63) is 89.2 Å². The Labute approximate surface area is 194 Å². The van der Waals surface area contributed by atoms with E-state index < -0.39 is 0 Å². The smallest absolute Gasteiger partial charge is 0.227 e. The molecule has 5 heteroatoms. The third-order valence-electron chi connectivity index (χ3n) is 6.58. The third kappa shape index (κ3) is 4.23. The van der Waals surface area contributed by atoms with Crippen molar-refractivity contribution in [1.82, 2.24) is 9.55 Å². The molecule has 0 N–H and O–H groups in total. The molecule has 0 bridgehead atoms. The molecule has 168 valence electrons. The van der Waals surface area contributed by atoms with Gasteiger partial charge in [-0.3, -0.25) is 4.79 Å². The molecule has 1 amide bonds. The highest BCUT2D eigenvalue weighted by atomic mass is 16.5. The summed E-state index contributed by atoms with van der Waals surface area (Å²) in [6.45, 7) is 8.12. The van der Waals surface area contributed by atoms with Crippen LogP contribution < -0.4 is 9.64 Å². The molecule has 0 saturated carbocycles. The van der Waals surface area contributed by atoms with Gasteiger partial charge in [0, 0.05) is 24.6 Å². The van der Waals surface area contributed by atoms with Gasteiger partial charge < -0.3 is 14.2 Å². The number of fused-ring (bicyclic) bond motifs is 1. The molecule has 1 saturated heterocycles. The van der Waals surface area contributed by atoms with E-state index in [-0.39, 0.29) is 11.8 Å². The molecule has 0 radical (unpaired) electrons. The highest BCUT2D eigenvalue weighted by Crippen LogP contribution is 2.33. The molecule has 5 nitrogen and oxygen atoms in total. The maximum absolute atomic E-state index is 12.9. The lowest BCUT2D eigenvalue weighted by Gasteiger charge is -2.18. The first-order chi connectivity index (χ1) is 16.0. The summed E-state index contributed by atoms with van der Waals surface area (Å²) in [6.07, 6.45) is 0.467. The predicted molar refractivity (Wildman–Crippen MR) is 132 cm³/mol. The van der Waals surface area contributed by atoms with Crippen molar-refractivity contribution in [2.45, 2.75) is 39.7 Å². The van der Waals surface area contributed by atoms with E-state index in [1.165, 1.54) is 16.7 Å². The minimum Gasteiger partial charge on any atom is -0.492 e. The number of rotatable bonds is 6. The maximum atomic E-state index is 12.9. The van der Waals surface area contributed by atoms with E-state index in [0.29, 0.717) is 26.1 Å². The number of imidazole rings is 1. The van der Waals surface area contributed by atoms with E-state index in [1.807, 2.05) is 41.3 Å². The number of hydrogen-bond acceptors (Lipinski definition) is 3. The predicted octanol–water partition coefficient (Wildman–Crippen LogP) is 5.56. The minimum absolute atomic E-state index is 0.0489. The molecule has 0 aliphatic carbocycles. The van der Waals surface area contributed by atoms with Crippen molar-refractivity contribution in [2.24, 2.45) is 0 Å².